The van der Waals surface area contributed by atoms with Crippen LogP contribution in [0.5, 0.6) is 0 Å². The van der Waals surface area contributed by atoms with E-state index in [1.807, 2.05) is 31.2 Å². The summed E-state index contributed by atoms with van der Waals surface area (Å²) in [6, 6.07) is 16.1. The van der Waals surface area contributed by atoms with E-state index >= 15 is 0 Å². The summed E-state index contributed by atoms with van der Waals surface area (Å²) in [4.78, 5) is 12.8. The van der Waals surface area contributed by atoms with E-state index < -0.39 is 26.6 Å². The number of carbonyl (C=O) groups excluding carboxylic acids is 1. The molecule has 0 saturated carbocycles. The van der Waals surface area contributed by atoms with Gasteiger partial charge in [-0.05, 0) is 61.0 Å². The Bertz CT molecular complexity index is 1170. The molecule has 0 bridgehead atoms. The van der Waals surface area contributed by atoms with Crippen LogP contribution in [-0.2, 0) is 14.8 Å². The molecule has 156 valence electrons. The van der Waals surface area contributed by atoms with Gasteiger partial charge in [0.2, 0.25) is 5.91 Å². The Hall–Kier alpha value is -2.91. The summed E-state index contributed by atoms with van der Waals surface area (Å²) in [5, 5.41) is 2.74. The number of aryl methyl sites for hydroxylation is 1. The van der Waals surface area contributed by atoms with Gasteiger partial charge < -0.3 is 5.32 Å². The molecule has 0 aromatic heterocycles. The molecule has 0 radical (unpaired) electrons. The molecule has 30 heavy (non-hydrogen) atoms. The first kappa shape index (κ1) is 21.8. The average Bonchev–Trinajstić information content (AvgIpc) is 2.70. The number of hydrogen-bond donors (Lipinski definition) is 2. The average molecular weight is 449 g/mol. The van der Waals surface area contributed by atoms with Gasteiger partial charge in [0.15, 0.2) is 11.6 Å². The van der Waals surface area contributed by atoms with Gasteiger partial charge in [0.05, 0.1) is 10.6 Å². The molecule has 0 aliphatic rings. The van der Waals surface area contributed by atoms with Crippen molar-refractivity contribution in [3.8, 4) is 0 Å². The molecule has 1 amide bonds. The van der Waals surface area contributed by atoms with Crippen LogP contribution in [0.15, 0.2) is 76.5 Å². The van der Waals surface area contributed by atoms with Crippen LogP contribution < -0.4 is 10.0 Å². The van der Waals surface area contributed by atoms with Crippen LogP contribution in [0.1, 0.15) is 5.56 Å². The normalized spacial score (nSPS) is 11.2. The fourth-order valence-electron chi connectivity index (χ4n) is 2.54. The SMILES string of the molecule is Cc1ccccc1SCC(=O)Nc1ccc(NS(=O)(=O)c2ccc(F)c(F)c2)cc1. The van der Waals surface area contributed by atoms with Crippen molar-refractivity contribution in [2.75, 3.05) is 15.8 Å². The zero-order chi connectivity index (χ0) is 21.7. The molecule has 0 atom stereocenters. The van der Waals surface area contributed by atoms with Crippen LogP contribution in [-0.4, -0.2) is 20.1 Å². The maximum Gasteiger partial charge on any atom is 0.261 e. The fraction of sp³-hybridized carbons (Fsp3) is 0.0952. The van der Waals surface area contributed by atoms with Crippen LogP contribution in [0, 0.1) is 18.6 Å². The maximum atomic E-state index is 13.3. The number of hydrogen-bond acceptors (Lipinski definition) is 4. The summed E-state index contributed by atoms with van der Waals surface area (Å²) < 4.78 is 53.2. The Morgan fingerprint density at radius 3 is 2.27 bits per heavy atom. The lowest BCUT2D eigenvalue weighted by Crippen LogP contribution is -2.15. The van der Waals surface area contributed by atoms with Gasteiger partial charge in [0, 0.05) is 16.3 Å². The monoisotopic (exact) mass is 448 g/mol. The minimum Gasteiger partial charge on any atom is -0.325 e. The summed E-state index contributed by atoms with van der Waals surface area (Å²) in [5.41, 5.74) is 1.81. The number of amides is 1. The van der Waals surface area contributed by atoms with Crippen LogP contribution in [0.25, 0.3) is 0 Å². The second kappa shape index (κ2) is 9.27. The second-order valence-corrected chi connectivity index (χ2v) is 9.06. The van der Waals surface area contributed by atoms with Gasteiger partial charge in [-0.2, -0.15) is 0 Å². The number of rotatable bonds is 7. The van der Waals surface area contributed by atoms with Crippen molar-refractivity contribution in [3.63, 3.8) is 0 Å². The van der Waals surface area contributed by atoms with E-state index in [0.29, 0.717) is 11.8 Å². The smallest absolute Gasteiger partial charge is 0.261 e. The standard InChI is InChI=1S/C21H18F2N2O3S2/c1-14-4-2-3-5-20(14)29-13-21(26)24-15-6-8-16(9-7-15)25-30(27,28)17-10-11-18(22)19(23)12-17/h2-12,25H,13H2,1H3,(H,24,26). The minimum absolute atomic E-state index is 0.196. The van der Waals surface area contributed by atoms with E-state index in [4.69, 9.17) is 0 Å². The van der Waals surface area contributed by atoms with Crippen molar-refractivity contribution in [2.24, 2.45) is 0 Å². The van der Waals surface area contributed by atoms with Crippen molar-refractivity contribution >= 4 is 39.1 Å². The van der Waals surface area contributed by atoms with Crippen molar-refractivity contribution in [3.05, 3.63) is 83.9 Å². The highest BCUT2D eigenvalue weighted by atomic mass is 32.2. The molecule has 0 fully saturated rings. The molecule has 0 spiro atoms. The largest absolute Gasteiger partial charge is 0.325 e. The molecule has 0 aliphatic carbocycles. The summed E-state index contributed by atoms with van der Waals surface area (Å²) in [6.07, 6.45) is 0. The molecule has 0 unspecified atom stereocenters. The molecule has 3 aromatic rings. The van der Waals surface area contributed by atoms with Crippen molar-refractivity contribution in [1.29, 1.82) is 0 Å². The Morgan fingerprint density at radius 2 is 1.60 bits per heavy atom. The third-order valence-corrected chi connectivity index (χ3v) is 6.63. The number of anilines is 2. The third kappa shape index (κ3) is 5.58. The Labute approximate surface area is 177 Å². The molecular weight excluding hydrogens is 430 g/mol. The highest BCUT2D eigenvalue weighted by Crippen LogP contribution is 2.23. The van der Waals surface area contributed by atoms with E-state index in [0.717, 1.165) is 22.6 Å². The third-order valence-electron chi connectivity index (χ3n) is 4.07. The molecule has 9 heteroatoms. The Kier molecular flexibility index (Phi) is 6.73. The lowest BCUT2D eigenvalue weighted by molar-refractivity contribution is -0.113. The van der Waals surface area contributed by atoms with E-state index in [1.165, 1.54) is 23.9 Å². The Morgan fingerprint density at radius 1 is 0.933 bits per heavy atom. The number of halogens is 2. The van der Waals surface area contributed by atoms with E-state index in [-0.39, 0.29) is 17.3 Å². The number of benzene rings is 3. The van der Waals surface area contributed by atoms with Crippen molar-refractivity contribution < 1.29 is 22.0 Å². The van der Waals surface area contributed by atoms with Gasteiger partial charge >= 0.3 is 0 Å². The molecule has 0 aliphatic heterocycles. The number of sulfonamides is 1. The Balaban J connectivity index is 1.59. The first-order chi connectivity index (χ1) is 14.2. The van der Waals surface area contributed by atoms with Crippen LogP contribution >= 0.6 is 11.8 Å². The predicted molar refractivity (Wildman–Crippen MR) is 114 cm³/mol. The van der Waals surface area contributed by atoms with Gasteiger partial charge in [-0.15, -0.1) is 11.8 Å². The van der Waals surface area contributed by atoms with Gasteiger partial charge in [-0.3, -0.25) is 9.52 Å². The summed E-state index contributed by atoms with van der Waals surface area (Å²) in [6.45, 7) is 1.97. The van der Waals surface area contributed by atoms with E-state index in [1.54, 1.807) is 12.1 Å². The quantitative estimate of drug-likeness (QED) is 0.509. The maximum absolute atomic E-state index is 13.3. The predicted octanol–water partition coefficient (Wildman–Crippen LogP) is 4.80. The molecule has 3 rings (SSSR count). The van der Waals surface area contributed by atoms with Crippen LogP contribution in [0.4, 0.5) is 20.2 Å². The molecule has 2 N–H and O–H groups in total. The number of nitrogens with one attached hydrogen (secondary N) is 2. The van der Waals surface area contributed by atoms with Crippen LogP contribution in [0.2, 0.25) is 0 Å². The lowest BCUT2D eigenvalue weighted by atomic mass is 10.2. The van der Waals surface area contributed by atoms with Crippen molar-refractivity contribution in [2.45, 2.75) is 16.7 Å². The molecule has 5 nitrogen and oxygen atoms in total. The van der Waals surface area contributed by atoms with E-state index in [9.17, 15) is 22.0 Å². The molecule has 0 heterocycles. The minimum atomic E-state index is -4.08. The first-order valence-electron chi connectivity index (χ1n) is 8.81. The molecule has 3 aromatic carbocycles. The van der Waals surface area contributed by atoms with Gasteiger partial charge in [0.25, 0.3) is 10.0 Å². The van der Waals surface area contributed by atoms with Crippen LogP contribution in [0.3, 0.4) is 0 Å². The molecule has 0 saturated heterocycles. The van der Waals surface area contributed by atoms with Crippen molar-refractivity contribution in [1.82, 2.24) is 0 Å². The second-order valence-electron chi connectivity index (χ2n) is 6.36. The highest BCUT2D eigenvalue weighted by Gasteiger charge is 2.16. The van der Waals surface area contributed by atoms with Gasteiger partial charge in [-0.1, -0.05) is 18.2 Å². The zero-order valence-corrected chi connectivity index (χ0v) is 17.5. The summed E-state index contributed by atoms with van der Waals surface area (Å²) >= 11 is 1.42. The van der Waals surface area contributed by atoms with Gasteiger partial charge in [-0.25, -0.2) is 17.2 Å². The first-order valence-corrected chi connectivity index (χ1v) is 11.3. The number of carbonyl (C=O) groups is 1. The number of thioether (sulfide) groups is 1. The van der Waals surface area contributed by atoms with Gasteiger partial charge in [0.1, 0.15) is 0 Å². The summed E-state index contributed by atoms with van der Waals surface area (Å²) in [5.74, 6) is -2.34. The topological polar surface area (TPSA) is 75.3 Å². The zero-order valence-electron chi connectivity index (χ0n) is 15.9. The lowest BCUT2D eigenvalue weighted by Gasteiger charge is -2.10. The summed E-state index contributed by atoms with van der Waals surface area (Å²) in [7, 11) is -4.08. The molecular formula is C21H18F2N2O3S2. The van der Waals surface area contributed by atoms with E-state index in [2.05, 4.69) is 10.0 Å². The fourth-order valence-corrected chi connectivity index (χ4v) is 4.44. The highest BCUT2D eigenvalue weighted by molar-refractivity contribution is 8.00.